The Balaban J connectivity index is 2.03. The molecule has 2 aromatic carbocycles. The molecule has 0 bridgehead atoms. The number of para-hydroxylation sites is 1. The molecule has 0 fully saturated rings. The minimum atomic E-state index is -4.00. The number of carbonyl (C=O) groups excluding carboxylic acids is 2. The lowest BCUT2D eigenvalue weighted by Gasteiger charge is -2.09. The average molecular weight is 360 g/mol. The van der Waals surface area contributed by atoms with Crippen molar-refractivity contribution in [1.82, 2.24) is 4.72 Å². The molecular formula is C17H16N2O5S. The summed E-state index contributed by atoms with van der Waals surface area (Å²) in [6, 6.07) is 13.8. The molecule has 0 atom stereocenters. The number of anilines is 1. The van der Waals surface area contributed by atoms with Gasteiger partial charge in [0.2, 0.25) is 0 Å². The molecule has 0 aliphatic carbocycles. The smallest absolute Gasteiger partial charge is 0.410 e. The number of amides is 2. The Morgan fingerprint density at radius 1 is 1.00 bits per heavy atom. The number of sulfonamides is 1. The molecule has 0 unspecified atom stereocenters. The Labute approximate surface area is 145 Å². The van der Waals surface area contributed by atoms with Crippen LogP contribution in [-0.2, 0) is 14.8 Å². The summed E-state index contributed by atoms with van der Waals surface area (Å²) in [5.74, 6) is -0.407. The summed E-state index contributed by atoms with van der Waals surface area (Å²) >= 11 is 0. The van der Waals surface area contributed by atoms with Gasteiger partial charge in [0.05, 0.1) is 4.90 Å². The number of ether oxygens (including phenoxy) is 1. The average Bonchev–Trinajstić information content (AvgIpc) is 2.55. The van der Waals surface area contributed by atoms with Crippen molar-refractivity contribution in [2.24, 2.45) is 0 Å². The molecule has 0 aliphatic heterocycles. The molecule has 25 heavy (non-hydrogen) atoms. The summed E-state index contributed by atoms with van der Waals surface area (Å²) in [7, 11) is -4.00. The molecule has 2 rings (SSSR count). The van der Waals surface area contributed by atoms with Crippen molar-refractivity contribution in [2.75, 3.05) is 5.32 Å². The number of benzene rings is 2. The Morgan fingerprint density at radius 3 is 2.16 bits per heavy atom. The fourth-order valence-electron chi connectivity index (χ4n) is 1.72. The first kappa shape index (κ1) is 18.2. The fraction of sp³-hybridized carbons (Fsp3) is 0.0588. The maximum atomic E-state index is 12.0. The van der Waals surface area contributed by atoms with Crippen LogP contribution < -0.4 is 14.8 Å². The number of nitrogens with one attached hydrogen (secondary N) is 2. The van der Waals surface area contributed by atoms with E-state index in [1.165, 1.54) is 31.2 Å². The number of hydrogen-bond acceptors (Lipinski definition) is 5. The van der Waals surface area contributed by atoms with Crippen LogP contribution in [0.4, 0.5) is 10.5 Å². The second-order valence-corrected chi connectivity index (χ2v) is 6.75. The van der Waals surface area contributed by atoms with Gasteiger partial charge in [0.25, 0.3) is 15.9 Å². The minimum Gasteiger partial charge on any atom is -0.410 e. The van der Waals surface area contributed by atoms with E-state index in [-0.39, 0.29) is 10.5 Å². The third kappa shape index (κ3) is 5.18. The van der Waals surface area contributed by atoms with Crippen molar-refractivity contribution in [3.8, 4) is 5.75 Å². The van der Waals surface area contributed by atoms with E-state index >= 15 is 0 Å². The van der Waals surface area contributed by atoms with E-state index < -0.39 is 22.0 Å². The number of rotatable bonds is 5. The van der Waals surface area contributed by atoms with Crippen LogP contribution in [0.2, 0.25) is 0 Å². The Morgan fingerprint density at radius 2 is 1.60 bits per heavy atom. The van der Waals surface area contributed by atoms with Gasteiger partial charge in [-0.3, -0.25) is 10.1 Å². The molecule has 2 amide bonds. The number of hydrogen-bond donors (Lipinski definition) is 2. The van der Waals surface area contributed by atoms with Gasteiger partial charge in [-0.05, 0) is 43.3 Å². The van der Waals surface area contributed by atoms with E-state index in [9.17, 15) is 18.0 Å². The molecule has 0 spiro atoms. The normalized spacial score (nSPS) is 10.6. The van der Waals surface area contributed by atoms with Gasteiger partial charge < -0.3 is 4.74 Å². The SMILES string of the molecule is C=C(C)C(=O)NS(=O)(=O)c1ccc(NC(=O)Oc2ccccc2)cc1. The van der Waals surface area contributed by atoms with E-state index in [1.54, 1.807) is 30.3 Å². The van der Waals surface area contributed by atoms with E-state index in [2.05, 4.69) is 11.9 Å². The van der Waals surface area contributed by atoms with Crippen LogP contribution in [-0.4, -0.2) is 20.4 Å². The molecule has 0 saturated carbocycles. The summed E-state index contributed by atoms with van der Waals surface area (Å²) in [5.41, 5.74) is 0.414. The molecule has 0 saturated heterocycles. The van der Waals surface area contributed by atoms with Crippen molar-refractivity contribution >= 4 is 27.7 Å². The molecule has 2 N–H and O–H groups in total. The largest absolute Gasteiger partial charge is 0.417 e. The van der Waals surface area contributed by atoms with Gasteiger partial charge in [-0.2, -0.15) is 0 Å². The van der Waals surface area contributed by atoms with E-state index in [1.807, 2.05) is 4.72 Å². The molecule has 0 aliphatic rings. The van der Waals surface area contributed by atoms with Crippen LogP contribution in [0.5, 0.6) is 5.75 Å². The van der Waals surface area contributed by atoms with Crippen LogP contribution in [0.1, 0.15) is 6.92 Å². The van der Waals surface area contributed by atoms with Crippen molar-refractivity contribution in [1.29, 1.82) is 0 Å². The molecule has 0 heterocycles. The zero-order chi connectivity index (χ0) is 18.4. The molecule has 0 aromatic heterocycles. The predicted octanol–water partition coefficient (Wildman–Crippen LogP) is 2.68. The standard InChI is InChI=1S/C17H16N2O5S/c1-12(2)16(20)19-25(22,23)15-10-8-13(9-11-15)18-17(21)24-14-6-4-3-5-7-14/h3-11H,1H2,2H3,(H,18,21)(H,19,20). The molecule has 130 valence electrons. The maximum absolute atomic E-state index is 12.0. The zero-order valence-electron chi connectivity index (χ0n) is 13.4. The number of carbonyl (C=O) groups is 2. The van der Waals surface area contributed by atoms with Crippen molar-refractivity contribution in [3.63, 3.8) is 0 Å². The highest BCUT2D eigenvalue weighted by Gasteiger charge is 2.18. The first-order chi connectivity index (χ1) is 11.8. The lowest BCUT2D eigenvalue weighted by Crippen LogP contribution is -2.30. The zero-order valence-corrected chi connectivity index (χ0v) is 14.2. The monoisotopic (exact) mass is 360 g/mol. The van der Waals surface area contributed by atoms with Gasteiger partial charge in [0, 0.05) is 11.3 Å². The molecule has 7 nitrogen and oxygen atoms in total. The predicted molar refractivity (Wildman–Crippen MR) is 92.7 cm³/mol. The third-order valence-electron chi connectivity index (χ3n) is 2.98. The summed E-state index contributed by atoms with van der Waals surface area (Å²) < 4.78 is 31.0. The second-order valence-electron chi connectivity index (χ2n) is 5.07. The second kappa shape index (κ2) is 7.63. The quantitative estimate of drug-likeness (QED) is 0.798. The third-order valence-corrected chi connectivity index (χ3v) is 4.33. The lowest BCUT2D eigenvalue weighted by molar-refractivity contribution is -0.115. The molecule has 0 radical (unpaired) electrons. The Bertz CT molecular complexity index is 890. The van der Waals surface area contributed by atoms with Crippen molar-refractivity contribution in [3.05, 3.63) is 66.7 Å². The Kier molecular flexibility index (Phi) is 5.56. The van der Waals surface area contributed by atoms with Crippen molar-refractivity contribution in [2.45, 2.75) is 11.8 Å². The topological polar surface area (TPSA) is 102 Å². The maximum Gasteiger partial charge on any atom is 0.417 e. The molecule has 8 heteroatoms. The Hall–Kier alpha value is -3.13. The van der Waals surface area contributed by atoms with Gasteiger partial charge in [-0.1, -0.05) is 24.8 Å². The van der Waals surface area contributed by atoms with Gasteiger partial charge in [0.15, 0.2) is 0 Å². The summed E-state index contributed by atoms with van der Waals surface area (Å²) in [5, 5.41) is 2.47. The van der Waals surface area contributed by atoms with Crippen LogP contribution in [0.25, 0.3) is 0 Å². The highest BCUT2D eigenvalue weighted by molar-refractivity contribution is 7.90. The van der Waals surface area contributed by atoms with E-state index in [0.29, 0.717) is 11.4 Å². The van der Waals surface area contributed by atoms with Crippen LogP contribution in [0, 0.1) is 0 Å². The summed E-state index contributed by atoms with van der Waals surface area (Å²) in [6.07, 6.45) is -0.711. The molecule has 2 aromatic rings. The van der Waals surface area contributed by atoms with Gasteiger partial charge >= 0.3 is 6.09 Å². The van der Waals surface area contributed by atoms with E-state index in [4.69, 9.17) is 4.74 Å². The first-order valence-corrected chi connectivity index (χ1v) is 8.63. The fourth-order valence-corrected chi connectivity index (χ4v) is 2.75. The summed E-state index contributed by atoms with van der Waals surface area (Å²) in [4.78, 5) is 23.1. The molecular weight excluding hydrogens is 344 g/mol. The minimum absolute atomic E-state index is 0.0746. The van der Waals surface area contributed by atoms with Crippen LogP contribution >= 0.6 is 0 Å². The van der Waals surface area contributed by atoms with Gasteiger partial charge in [-0.15, -0.1) is 0 Å². The lowest BCUT2D eigenvalue weighted by atomic mass is 10.3. The van der Waals surface area contributed by atoms with E-state index in [0.717, 1.165) is 0 Å². The van der Waals surface area contributed by atoms with Crippen LogP contribution in [0.3, 0.4) is 0 Å². The van der Waals surface area contributed by atoms with Gasteiger partial charge in [-0.25, -0.2) is 17.9 Å². The van der Waals surface area contributed by atoms with Crippen molar-refractivity contribution < 1.29 is 22.7 Å². The van der Waals surface area contributed by atoms with Gasteiger partial charge in [0.1, 0.15) is 5.75 Å². The first-order valence-electron chi connectivity index (χ1n) is 7.14. The summed E-state index contributed by atoms with van der Waals surface area (Å²) in [6.45, 7) is 4.78. The van der Waals surface area contributed by atoms with Crippen LogP contribution in [0.15, 0.2) is 71.6 Å². The highest BCUT2D eigenvalue weighted by atomic mass is 32.2. The highest BCUT2D eigenvalue weighted by Crippen LogP contribution is 2.15.